The minimum atomic E-state index is -3.85. The molecule has 146 valence electrons. The third-order valence-electron chi connectivity index (χ3n) is 3.33. The van der Waals surface area contributed by atoms with E-state index >= 15 is 0 Å². The van der Waals surface area contributed by atoms with E-state index in [1.54, 1.807) is 6.07 Å². The van der Waals surface area contributed by atoms with E-state index in [2.05, 4.69) is 9.46 Å². The van der Waals surface area contributed by atoms with Crippen molar-refractivity contribution >= 4 is 22.1 Å². The number of hydrogen-bond acceptors (Lipinski definition) is 7. The maximum atomic E-state index is 12.7. The zero-order valence-electron chi connectivity index (χ0n) is 15.4. The van der Waals surface area contributed by atoms with Crippen molar-refractivity contribution in [3.63, 3.8) is 0 Å². The molecule has 0 radical (unpaired) electrons. The average Bonchev–Trinajstić information content (AvgIpc) is 2.64. The van der Waals surface area contributed by atoms with Crippen molar-refractivity contribution in [3.8, 4) is 11.5 Å². The van der Waals surface area contributed by atoms with Gasteiger partial charge >= 0.3 is 5.97 Å². The summed E-state index contributed by atoms with van der Waals surface area (Å²) in [5.74, 6) is -0.243. The van der Waals surface area contributed by atoms with Crippen LogP contribution in [0, 0.1) is 0 Å². The molecule has 0 atom stereocenters. The summed E-state index contributed by atoms with van der Waals surface area (Å²) in [6, 6.07) is 2.96. The lowest BCUT2D eigenvalue weighted by atomic mass is 10.2. The normalized spacial score (nSPS) is 11.5. The number of sulfonamides is 1. The predicted molar refractivity (Wildman–Crippen MR) is 96.9 cm³/mol. The van der Waals surface area contributed by atoms with Gasteiger partial charge in [0.1, 0.15) is 4.90 Å². The van der Waals surface area contributed by atoms with Gasteiger partial charge in [0.15, 0.2) is 11.5 Å². The largest absolute Gasteiger partial charge is 0.493 e. The van der Waals surface area contributed by atoms with E-state index in [4.69, 9.17) is 14.2 Å². The fraction of sp³-hybridized carbons (Fsp3) is 0.471. The zero-order chi connectivity index (χ0) is 19.6. The summed E-state index contributed by atoms with van der Waals surface area (Å²) in [5, 5.41) is 0. The van der Waals surface area contributed by atoms with Crippen LogP contribution in [-0.4, -0.2) is 55.5 Å². The molecule has 8 nitrogen and oxygen atoms in total. The van der Waals surface area contributed by atoms with Crippen molar-refractivity contribution in [1.82, 2.24) is 4.72 Å². The zero-order valence-corrected chi connectivity index (χ0v) is 16.2. The molecule has 1 aromatic rings. The SMILES string of the molecule is CCOCCCNS(=O)(=O)c1cc(/C=C/C(=O)OC)cc(OC)c1OC. The molecule has 0 heterocycles. The van der Waals surface area contributed by atoms with Gasteiger partial charge in [0.25, 0.3) is 0 Å². The van der Waals surface area contributed by atoms with Gasteiger partial charge in [0.05, 0.1) is 21.3 Å². The summed E-state index contributed by atoms with van der Waals surface area (Å²) in [5.41, 5.74) is 0.447. The Balaban J connectivity index is 3.16. The van der Waals surface area contributed by atoms with Crippen LogP contribution in [0.1, 0.15) is 18.9 Å². The summed E-state index contributed by atoms with van der Waals surface area (Å²) in [6.45, 7) is 3.12. The number of benzene rings is 1. The molecule has 0 unspecified atom stereocenters. The first-order valence-corrected chi connectivity index (χ1v) is 9.47. The van der Waals surface area contributed by atoms with E-state index in [0.29, 0.717) is 25.2 Å². The smallest absolute Gasteiger partial charge is 0.330 e. The number of carbonyl (C=O) groups is 1. The first-order chi connectivity index (χ1) is 12.4. The van der Waals surface area contributed by atoms with Crippen LogP contribution in [0.25, 0.3) is 6.08 Å². The Morgan fingerprint density at radius 3 is 2.50 bits per heavy atom. The molecular formula is C17H25NO7S. The first-order valence-electron chi connectivity index (χ1n) is 7.99. The van der Waals surface area contributed by atoms with E-state index in [0.717, 1.165) is 0 Å². The number of rotatable bonds is 11. The molecule has 0 aliphatic carbocycles. The fourth-order valence-corrected chi connectivity index (χ4v) is 3.37. The van der Waals surface area contributed by atoms with Crippen LogP contribution < -0.4 is 14.2 Å². The summed E-state index contributed by atoms with van der Waals surface area (Å²) in [4.78, 5) is 11.2. The van der Waals surface area contributed by atoms with E-state index in [1.807, 2.05) is 6.92 Å². The van der Waals surface area contributed by atoms with Gasteiger partial charge in [-0.1, -0.05) is 0 Å². The minimum Gasteiger partial charge on any atom is -0.493 e. The maximum absolute atomic E-state index is 12.7. The molecule has 1 aromatic carbocycles. The Kier molecular flexibility index (Phi) is 9.11. The van der Waals surface area contributed by atoms with Gasteiger partial charge in [-0.15, -0.1) is 0 Å². The van der Waals surface area contributed by atoms with Gasteiger partial charge in [0.2, 0.25) is 10.0 Å². The molecule has 0 fully saturated rings. The van der Waals surface area contributed by atoms with Crippen molar-refractivity contribution in [1.29, 1.82) is 0 Å². The Bertz CT molecular complexity index is 729. The fourth-order valence-electron chi connectivity index (χ4n) is 2.08. The molecular weight excluding hydrogens is 362 g/mol. The topological polar surface area (TPSA) is 100 Å². The molecule has 0 saturated heterocycles. The standard InChI is InChI=1S/C17H25NO7S/c1-5-25-10-6-9-18-26(20,21)15-12-13(7-8-16(19)23-3)11-14(22-2)17(15)24-4/h7-8,11-12,18H,5-6,9-10H2,1-4H3/b8-7+. The average molecular weight is 387 g/mol. The predicted octanol–water partition coefficient (Wildman–Crippen LogP) is 1.59. The second-order valence-corrected chi connectivity index (χ2v) is 6.79. The van der Waals surface area contributed by atoms with E-state index < -0.39 is 16.0 Å². The molecule has 0 saturated carbocycles. The van der Waals surface area contributed by atoms with Crippen LogP contribution in [0.4, 0.5) is 0 Å². The van der Waals surface area contributed by atoms with Crippen molar-refractivity contribution in [2.45, 2.75) is 18.2 Å². The number of esters is 1. The van der Waals surface area contributed by atoms with Gasteiger partial charge in [-0.3, -0.25) is 0 Å². The Labute approximate surface area is 154 Å². The molecule has 9 heteroatoms. The molecule has 0 spiro atoms. The highest BCUT2D eigenvalue weighted by molar-refractivity contribution is 7.89. The summed E-state index contributed by atoms with van der Waals surface area (Å²) in [7, 11) is 0.161. The molecule has 1 N–H and O–H groups in total. The Hall–Kier alpha value is -2.10. The maximum Gasteiger partial charge on any atom is 0.330 e. The lowest BCUT2D eigenvalue weighted by Gasteiger charge is -2.15. The third kappa shape index (κ3) is 6.32. The van der Waals surface area contributed by atoms with Crippen molar-refractivity contribution in [2.75, 3.05) is 41.1 Å². The second kappa shape index (κ2) is 10.8. The van der Waals surface area contributed by atoms with Crippen molar-refractivity contribution < 1.29 is 32.2 Å². The number of nitrogens with one attached hydrogen (secondary N) is 1. The molecule has 0 aliphatic heterocycles. The van der Waals surface area contributed by atoms with Crippen molar-refractivity contribution in [3.05, 3.63) is 23.8 Å². The van der Waals surface area contributed by atoms with E-state index in [-0.39, 0.29) is 22.9 Å². The van der Waals surface area contributed by atoms with E-state index in [1.165, 1.54) is 39.5 Å². The van der Waals surface area contributed by atoms with Crippen LogP contribution >= 0.6 is 0 Å². The van der Waals surface area contributed by atoms with E-state index in [9.17, 15) is 13.2 Å². The van der Waals surface area contributed by atoms with Gasteiger partial charge in [-0.2, -0.15) is 0 Å². The molecule has 0 aromatic heterocycles. The number of ether oxygens (including phenoxy) is 4. The third-order valence-corrected chi connectivity index (χ3v) is 4.80. The second-order valence-electron chi connectivity index (χ2n) is 5.06. The summed E-state index contributed by atoms with van der Waals surface area (Å²) in [6.07, 6.45) is 3.16. The molecule has 0 amide bonds. The highest BCUT2D eigenvalue weighted by atomic mass is 32.2. The lowest BCUT2D eigenvalue weighted by molar-refractivity contribution is -0.134. The quantitative estimate of drug-likeness (QED) is 0.350. The molecule has 0 bridgehead atoms. The van der Waals surface area contributed by atoms with Gasteiger partial charge in [-0.05, 0) is 37.1 Å². The Morgan fingerprint density at radius 1 is 1.19 bits per heavy atom. The van der Waals surface area contributed by atoms with Crippen LogP contribution in [0.5, 0.6) is 11.5 Å². The highest BCUT2D eigenvalue weighted by Crippen LogP contribution is 2.36. The number of hydrogen-bond donors (Lipinski definition) is 1. The molecule has 0 aliphatic rings. The Morgan fingerprint density at radius 2 is 1.92 bits per heavy atom. The lowest BCUT2D eigenvalue weighted by Crippen LogP contribution is -2.26. The first kappa shape index (κ1) is 21.9. The van der Waals surface area contributed by atoms with Gasteiger partial charge in [0, 0.05) is 25.8 Å². The van der Waals surface area contributed by atoms with Crippen LogP contribution in [-0.2, 0) is 24.3 Å². The summed E-state index contributed by atoms with van der Waals surface area (Å²) < 4.78 is 48.0. The number of methoxy groups -OCH3 is 3. The monoisotopic (exact) mass is 387 g/mol. The minimum absolute atomic E-state index is 0.0831. The highest BCUT2D eigenvalue weighted by Gasteiger charge is 2.23. The van der Waals surface area contributed by atoms with Crippen molar-refractivity contribution in [2.24, 2.45) is 0 Å². The number of carbonyl (C=O) groups excluding carboxylic acids is 1. The molecule has 26 heavy (non-hydrogen) atoms. The van der Waals surface area contributed by atoms with Gasteiger partial charge < -0.3 is 18.9 Å². The van der Waals surface area contributed by atoms with Crippen LogP contribution in [0.2, 0.25) is 0 Å². The van der Waals surface area contributed by atoms with Crippen LogP contribution in [0.3, 0.4) is 0 Å². The van der Waals surface area contributed by atoms with Crippen LogP contribution in [0.15, 0.2) is 23.1 Å². The van der Waals surface area contributed by atoms with Gasteiger partial charge in [-0.25, -0.2) is 17.9 Å². The summed E-state index contributed by atoms with van der Waals surface area (Å²) >= 11 is 0. The molecule has 1 rings (SSSR count).